The summed E-state index contributed by atoms with van der Waals surface area (Å²) in [5, 5.41) is 8.93. The third kappa shape index (κ3) is 4.24. The standard InChI is InChI=1S/C9H18O4/c1-4-12-6-9(3,8(10)11)7-13-5-2/h4-7H2,1-3H3,(H,10,11). The van der Waals surface area contributed by atoms with Crippen molar-refractivity contribution in [3.8, 4) is 0 Å². The summed E-state index contributed by atoms with van der Waals surface area (Å²) in [5.74, 6) is -0.880. The van der Waals surface area contributed by atoms with E-state index in [1.165, 1.54) is 0 Å². The quantitative estimate of drug-likeness (QED) is 0.654. The van der Waals surface area contributed by atoms with E-state index >= 15 is 0 Å². The zero-order valence-corrected chi connectivity index (χ0v) is 8.50. The third-order valence-corrected chi connectivity index (χ3v) is 1.77. The molecule has 0 unspecified atom stereocenters. The summed E-state index contributed by atoms with van der Waals surface area (Å²) in [7, 11) is 0. The van der Waals surface area contributed by atoms with E-state index in [1.807, 2.05) is 13.8 Å². The highest BCUT2D eigenvalue weighted by molar-refractivity contribution is 5.74. The second-order valence-corrected chi connectivity index (χ2v) is 3.14. The molecular weight excluding hydrogens is 172 g/mol. The molecule has 0 spiro atoms. The van der Waals surface area contributed by atoms with Gasteiger partial charge in [-0.25, -0.2) is 0 Å². The van der Waals surface area contributed by atoms with Crippen molar-refractivity contribution < 1.29 is 19.4 Å². The van der Waals surface area contributed by atoms with Crippen LogP contribution in [0.15, 0.2) is 0 Å². The van der Waals surface area contributed by atoms with Crippen molar-refractivity contribution in [2.45, 2.75) is 20.8 Å². The first-order chi connectivity index (χ1) is 6.06. The van der Waals surface area contributed by atoms with Crippen LogP contribution >= 0.6 is 0 Å². The van der Waals surface area contributed by atoms with Gasteiger partial charge in [0.05, 0.1) is 13.2 Å². The van der Waals surface area contributed by atoms with Crippen LogP contribution in [0.4, 0.5) is 0 Å². The molecule has 0 radical (unpaired) electrons. The summed E-state index contributed by atoms with van der Waals surface area (Å²) in [6.07, 6.45) is 0. The first-order valence-electron chi connectivity index (χ1n) is 4.45. The third-order valence-electron chi connectivity index (χ3n) is 1.77. The lowest BCUT2D eigenvalue weighted by Gasteiger charge is -2.23. The van der Waals surface area contributed by atoms with Crippen molar-refractivity contribution in [3.05, 3.63) is 0 Å². The van der Waals surface area contributed by atoms with E-state index in [9.17, 15) is 4.79 Å². The first kappa shape index (κ1) is 12.4. The Hall–Kier alpha value is -0.610. The maximum atomic E-state index is 10.9. The lowest BCUT2D eigenvalue weighted by atomic mass is 9.93. The zero-order valence-electron chi connectivity index (χ0n) is 8.50. The fraction of sp³-hybridized carbons (Fsp3) is 0.889. The predicted octanol–water partition coefficient (Wildman–Crippen LogP) is 1.15. The van der Waals surface area contributed by atoms with E-state index in [4.69, 9.17) is 14.6 Å². The van der Waals surface area contributed by atoms with Crippen molar-refractivity contribution in [1.29, 1.82) is 0 Å². The Kier molecular flexibility index (Phi) is 5.66. The molecule has 0 saturated heterocycles. The topological polar surface area (TPSA) is 55.8 Å². The van der Waals surface area contributed by atoms with Gasteiger partial charge in [0, 0.05) is 13.2 Å². The average Bonchev–Trinajstić information content (AvgIpc) is 2.11. The summed E-state index contributed by atoms with van der Waals surface area (Å²) in [4.78, 5) is 10.9. The number of carboxylic acids is 1. The van der Waals surface area contributed by atoms with E-state index in [-0.39, 0.29) is 13.2 Å². The highest BCUT2D eigenvalue weighted by Gasteiger charge is 2.33. The maximum absolute atomic E-state index is 10.9. The van der Waals surface area contributed by atoms with Crippen LogP contribution in [0.25, 0.3) is 0 Å². The summed E-state index contributed by atoms with van der Waals surface area (Å²) >= 11 is 0. The maximum Gasteiger partial charge on any atom is 0.314 e. The molecular formula is C9H18O4. The van der Waals surface area contributed by atoms with Gasteiger partial charge in [0.15, 0.2) is 0 Å². The van der Waals surface area contributed by atoms with Crippen LogP contribution in [-0.2, 0) is 14.3 Å². The fourth-order valence-corrected chi connectivity index (χ4v) is 0.820. The number of carbonyl (C=O) groups is 1. The molecule has 0 aliphatic rings. The summed E-state index contributed by atoms with van der Waals surface area (Å²) in [6.45, 7) is 6.73. The van der Waals surface area contributed by atoms with Gasteiger partial charge in [0.25, 0.3) is 0 Å². The monoisotopic (exact) mass is 190 g/mol. The molecule has 0 aliphatic carbocycles. The van der Waals surface area contributed by atoms with Gasteiger partial charge >= 0.3 is 5.97 Å². The van der Waals surface area contributed by atoms with Crippen LogP contribution in [0.5, 0.6) is 0 Å². The van der Waals surface area contributed by atoms with E-state index < -0.39 is 11.4 Å². The summed E-state index contributed by atoms with van der Waals surface area (Å²) in [5.41, 5.74) is -0.925. The van der Waals surface area contributed by atoms with Gasteiger partial charge in [-0.1, -0.05) is 0 Å². The van der Waals surface area contributed by atoms with Gasteiger partial charge in [0.1, 0.15) is 5.41 Å². The highest BCUT2D eigenvalue weighted by Crippen LogP contribution is 2.17. The molecule has 0 saturated carbocycles. The van der Waals surface area contributed by atoms with Crippen LogP contribution in [0.3, 0.4) is 0 Å². The van der Waals surface area contributed by atoms with E-state index in [0.29, 0.717) is 13.2 Å². The lowest BCUT2D eigenvalue weighted by molar-refractivity contribution is -0.156. The van der Waals surface area contributed by atoms with Gasteiger partial charge < -0.3 is 14.6 Å². The molecule has 0 amide bonds. The van der Waals surface area contributed by atoms with Crippen LogP contribution in [0, 0.1) is 5.41 Å². The Balaban J connectivity index is 4.08. The Morgan fingerprint density at radius 3 is 1.85 bits per heavy atom. The number of carboxylic acid groups (broad SMARTS) is 1. The Bertz CT molecular complexity index is 148. The molecule has 78 valence electrons. The number of hydrogen-bond acceptors (Lipinski definition) is 3. The lowest BCUT2D eigenvalue weighted by Crippen LogP contribution is -2.37. The second kappa shape index (κ2) is 5.94. The Morgan fingerprint density at radius 1 is 1.23 bits per heavy atom. The molecule has 4 nitrogen and oxygen atoms in total. The molecule has 0 rings (SSSR count). The van der Waals surface area contributed by atoms with Gasteiger partial charge in [0.2, 0.25) is 0 Å². The molecule has 4 heteroatoms. The average molecular weight is 190 g/mol. The van der Waals surface area contributed by atoms with Crippen LogP contribution in [0.1, 0.15) is 20.8 Å². The minimum absolute atomic E-state index is 0.193. The molecule has 0 aromatic heterocycles. The molecule has 0 atom stereocenters. The van der Waals surface area contributed by atoms with E-state index in [1.54, 1.807) is 6.92 Å². The summed E-state index contributed by atoms with van der Waals surface area (Å²) in [6, 6.07) is 0. The molecule has 0 fully saturated rings. The van der Waals surface area contributed by atoms with Crippen molar-refractivity contribution in [2.75, 3.05) is 26.4 Å². The van der Waals surface area contributed by atoms with Crippen LogP contribution in [0.2, 0.25) is 0 Å². The van der Waals surface area contributed by atoms with Gasteiger partial charge in [-0.05, 0) is 20.8 Å². The van der Waals surface area contributed by atoms with Crippen molar-refractivity contribution in [1.82, 2.24) is 0 Å². The van der Waals surface area contributed by atoms with E-state index in [2.05, 4.69) is 0 Å². The smallest absolute Gasteiger partial charge is 0.314 e. The number of rotatable bonds is 7. The molecule has 0 heterocycles. The van der Waals surface area contributed by atoms with Crippen molar-refractivity contribution in [3.63, 3.8) is 0 Å². The minimum Gasteiger partial charge on any atom is -0.481 e. The van der Waals surface area contributed by atoms with Gasteiger partial charge in [-0.15, -0.1) is 0 Å². The SMILES string of the molecule is CCOCC(C)(COCC)C(=O)O. The zero-order chi connectivity index (χ0) is 10.3. The number of hydrogen-bond donors (Lipinski definition) is 1. The van der Waals surface area contributed by atoms with E-state index in [0.717, 1.165) is 0 Å². The summed E-state index contributed by atoms with van der Waals surface area (Å²) < 4.78 is 10.2. The van der Waals surface area contributed by atoms with Crippen LogP contribution < -0.4 is 0 Å². The molecule has 0 aromatic carbocycles. The Morgan fingerprint density at radius 2 is 1.62 bits per heavy atom. The molecule has 0 aliphatic heterocycles. The fourth-order valence-electron chi connectivity index (χ4n) is 0.820. The molecule has 0 aromatic rings. The normalized spacial score (nSPS) is 11.6. The van der Waals surface area contributed by atoms with Crippen LogP contribution in [-0.4, -0.2) is 37.5 Å². The largest absolute Gasteiger partial charge is 0.481 e. The van der Waals surface area contributed by atoms with Gasteiger partial charge in [-0.3, -0.25) is 4.79 Å². The van der Waals surface area contributed by atoms with Crippen molar-refractivity contribution >= 4 is 5.97 Å². The highest BCUT2D eigenvalue weighted by atomic mass is 16.5. The van der Waals surface area contributed by atoms with Crippen molar-refractivity contribution in [2.24, 2.45) is 5.41 Å². The second-order valence-electron chi connectivity index (χ2n) is 3.14. The molecule has 13 heavy (non-hydrogen) atoms. The predicted molar refractivity (Wildman–Crippen MR) is 48.7 cm³/mol. The first-order valence-corrected chi connectivity index (χ1v) is 4.45. The molecule has 0 bridgehead atoms. The molecule has 1 N–H and O–H groups in total. The number of ether oxygens (including phenoxy) is 2. The minimum atomic E-state index is -0.925. The number of aliphatic carboxylic acids is 1. The van der Waals surface area contributed by atoms with Gasteiger partial charge in [-0.2, -0.15) is 0 Å². The Labute approximate surface area is 78.8 Å².